The molecule has 1 heterocycles. The molecule has 2 N–H and O–H groups in total. The molecule has 0 unspecified atom stereocenters. The number of amides is 1. The molecule has 0 aliphatic rings. The monoisotopic (exact) mass is 341 g/mol. The molecule has 0 radical (unpaired) electrons. The van der Waals surface area contributed by atoms with Crippen molar-refractivity contribution in [3.8, 4) is 0 Å². The first kappa shape index (κ1) is 18.0. The lowest BCUT2D eigenvalue weighted by Gasteiger charge is -2.08. The number of ether oxygens (including phenoxy) is 1. The highest BCUT2D eigenvalue weighted by atomic mass is 19.4. The van der Waals surface area contributed by atoms with Crippen LogP contribution in [-0.4, -0.2) is 28.9 Å². The number of alkyl halides is 3. The van der Waals surface area contributed by atoms with Crippen LogP contribution >= 0.6 is 0 Å². The van der Waals surface area contributed by atoms with Crippen molar-refractivity contribution >= 4 is 11.7 Å². The molecule has 0 fully saturated rings. The van der Waals surface area contributed by atoms with Gasteiger partial charge in [0.2, 0.25) is 0 Å². The van der Waals surface area contributed by atoms with E-state index in [4.69, 9.17) is 0 Å². The van der Waals surface area contributed by atoms with Crippen LogP contribution in [0.25, 0.3) is 0 Å². The Morgan fingerprint density at radius 1 is 1.29 bits per heavy atom. The number of carbonyl (C=O) groups is 1. The molecule has 0 saturated heterocycles. The lowest BCUT2D eigenvalue weighted by molar-refractivity contribution is -0.176. The Kier molecular flexibility index (Phi) is 5.61. The summed E-state index contributed by atoms with van der Waals surface area (Å²) in [6.07, 6.45) is -4.35. The lowest BCUT2D eigenvalue weighted by atomic mass is 10.1. The molecule has 2 rings (SSSR count). The molecule has 0 saturated carbocycles. The van der Waals surface area contributed by atoms with Crippen LogP contribution in [0.2, 0.25) is 0 Å². The molecule has 0 aliphatic heterocycles. The predicted molar refractivity (Wildman–Crippen MR) is 82.8 cm³/mol. The topological polar surface area (TPSA) is 67.0 Å². The largest absolute Gasteiger partial charge is 0.411 e. The van der Waals surface area contributed by atoms with Crippen molar-refractivity contribution in [1.82, 2.24) is 10.2 Å². The summed E-state index contributed by atoms with van der Waals surface area (Å²) in [6.45, 7) is 2.53. The van der Waals surface area contributed by atoms with Crippen molar-refractivity contribution in [3.05, 3.63) is 47.2 Å². The van der Waals surface area contributed by atoms with Gasteiger partial charge in [0.1, 0.15) is 6.61 Å². The normalized spacial score (nSPS) is 11.8. The van der Waals surface area contributed by atoms with Gasteiger partial charge in [-0.25, -0.2) is 0 Å². The van der Waals surface area contributed by atoms with Gasteiger partial charge in [-0.1, -0.05) is 26.0 Å². The summed E-state index contributed by atoms with van der Waals surface area (Å²) in [6, 6.07) is 7.90. The number of nitrogens with zero attached hydrogens (tertiary/aromatic N) is 1. The van der Waals surface area contributed by atoms with E-state index < -0.39 is 12.8 Å². The van der Waals surface area contributed by atoms with Gasteiger partial charge < -0.3 is 10.1 Å². The van der Waals surface area contributed by atoms with E-state index in [0.29, 0.717) is 16.9 Å². The van der Waals surface area contributed by atoms with Gasteiger partial charge in [-0.15, -0.1) is 0 Å². The molecule has 2 aromatic rings. The number of hydrogen-bond donors (Lipinski definition) is 2. The summed E-state index contributed by atoms with van der Waals surface area (Å²) in [7, 11) is 0. The number of H-pyrrole nitrogens is 1. The van der Waals surface area contributed by atoms with Crippen LogP contribution < -0.4 is 5.32 Å². The highest BCUT2D eigenvalue weighted by Crippen LogP contribution is 2.17. The smallest absolute Gasteiger partial charge is 0.367 e. The van der Waals surface area contributed by atoms with E-state index in [2.05, 4.69) is 20.3 Å². The maximum absolute atomic E-state index is 12.1. The summed E-state index contributed by atoms with van der Waals surface area (Å²) >= 11 is 0. The number of halogens is 3. The van der Waals surface area contributed by atoms with Crippen LogP contribution in [-0.2, 0) is 11.3 Å². The fourth-order valence-electron chi connectivity index (χ4n) is 1.92. The molecule has 24 heavy (non-hydrogen) atoms. The molecular weight excluding hydrogens is 323 g/mol. The van der Waals surface area contributed by atoms with E-state index in [1.807, 2.05) is 13.8 Å². The molecular formula is C16H18F3N3O2. The van der Waals surface area contributed by atoms with Gasteiger partial charge in [-0.2, -0.15) is 18.3 Å². The van der Waals surface area contributed by atoms with Crippen LogP contribution in [0.3, 0.4) is 0 Å². The lowest BCUT2D eigenvalue weighted by Crippen LogP contribution is -2.16. The first-order valence-electron chi connectivity index (χ1n) is 7.34. The summed E-state index contributed by atoms with van der Waals surface area (Å²) < 4.78 is 40.6. The minimum atomic E-state index is -4.35. The molecule has 0 spiro atoms. The standard InChI is InChI=1S/C16H18F3N3O2/c1-10(2)13-7-14(22-21-13)20-15(23)12-5-3-11(4-6-12)8-24-9-16(17,18)19/h3-7,10H,8-9H2,1-2H3,(H2,20,21,22,23). The summed E-state index contributed by atoms with van der Waals surface area (Å²) in [5.74, 6) is 0.333. The van der Waals surface area contributed by atoms with Gasteiger partial charge in [-0.3, -0.25) is 9.89 Å². The zero-order chi connectivity index (χ0) is 17.7. The van der Waals surface area contributed by atoms with Crippen LogP contribution in [0.1, 0.15) is 41.4 Å². The van der Waals surface area contributed by atoms with Gasteiger partial charge in [-0.05, 0) is 23.6 Å². The highest BCUT2D eigenvalue weighted by molar-refractivity contribution is 6.03. The number of rotatable bonds is 6. The van der Waals surface area contributed by atoms with E-state index in [-0.39, 0.29) is 18.4 Å². The third-order valence-corrected chi connectivity index (χ3v) is 3.21. The molecule has 0 atom stereocenters. The Bertz CT molecular complexity index is 679. The third kappa shape index (κ3) is 5.38. The second-order valence-electron chi connectivity index (χ2n) is 5.62. The summed E-state index contributed by atoms with van der Waals surface area (Å²) in [5.41, 5.74) is 1.84. The Morgan fingerprint density at radius 2 is 1.96 bits per heavy atom. The van der Waals surface area contributed by atoms with E-state index in [9.17, 15) is 18.0 Å². The van der Waals surface area contributed by atoms with Gasteiger partial charge >= 0.3 is 6.18 Å². The van der Waals surface area contributed by atoms with Gasteiger partial charge in [0.05, 0.1) is 6.61 Å². The Morgan fingerprint density at radius 3 is 2.50 bits per heavy atom. The second-order valence-corrected chi connectivity index (χ2v) is 5.62. The zero-order valence-corrected chi connectivity index (χ0v) is 13.3. The van der Waals surface area contributed by atoms with Crippen molar-refractivity contribution in [2.45, 2.75) is 32.5 Å². The van der Waals surface area contributed by atoms with Crippen molar-refractivity contribution in [2.75, 3.05) is 11.9 Å². The molecule has 1 aromatic carbocycles. The molecule has 8 heteroatoms. The van der Waals surface area contributed by atoms with Gasteiger partial charge in [0, 0.05) is 17.3 Å². The maximum Gasteiger partial charge on any atom is 0.411 e. The Balaban J connectivity index is 1.90. The molecule has 130 valence electrons. The Labute approximate surface area is 137 Å². The van der Waals surface area contributed by atoms with Crippen molar-refractivity contribution in [1.29, 1.82) is 0 Å². The first-order valence-corrected chi connectivity index (χ1v) is 7.34. The van der Waals surface area contributed by atoms with Crippen LogP contribution in [0.5, 0.6) is 0 Å². The van der Waals surface area contributed by atoms with E-state index in [1.54, 1.807) is 18.2 Å². The van der Waals surface area contributed by atoms with E-state index in [0.717, 1.165) is 5.69 Å². The molecule has 1 amide bonds. The van der Waals surface area contributed by atoms with Crippen LogP contribution in [0.15, 0.2) is 30.3 Å². The minimum Gasteiger partial charge on any atom is -0.367 e. The zero-order valence-electron chi connectivity index (χ0n) is 13.3. The highest BCUT2D eigenvalue weighted by Gasteiger charge is 2.27. The minimum absolute atomic E-state index is 0.168. The number of anilines is 1. The van der Waals surface area contributed by atoms with Gasteiger partial charge in [0.25, 0.3) is 5.91 Å². The SMILES string of the molecule is CC(C)c1cc(NC(=O)c2ccc(COCC(F)(F)F)cc2)n[nH]1. The number of benzene rings is 1. The van der Waals surface area contributed by atoms with E-state index in [1.165, 1.54) is 12.1 Å². The quantitative estimate of drug-likeness (QED) is 0.838. The maximum atomic E-state index is 12.1. The fourth-order valence-corrected chi connectivity index (χ4v) is 1.92. The number of aromatic nitrogens is 2. The Hall–Kier alpha value is -2.35. The first-order chi connectivity index (χ1) is 11.2. The molecule has 1 aromatic heterocycles. The third-order valence-electron chi connectivity index (χ3n) is 3.21. The van der Waals surface area contributed by atoms with Crippen LogP contribution in [0.4, 0.5) is 19.0 Å². The predicted octanol–water partition coefficient (Wildman–Crippen LogP) is 3.86. The summed E-state index contributed by atoms with van der Waals surface area (Å²) in [5, 5.41) is 9.49. The number of aromatic amines is 1. The number of carbonyl (C=O) groups excluding carboxylic acids is 1. The van der Waals surface area contributed by atoms with Crippen LogP contribution in [0, 0.1) is 0 Å². The molecule has 0 bridgehead atoms. The fraction of sp³-hybridized carbons (Fsp3) is 0.375. The van der Waals surface area contributed by atoms with Crippen molar-refractivity contribution in [2.24, 2.45) is 0 Å². The van der Waals surface area contributed by atoms with E-state index >= 15 is 0 Å². The average Bonchev–Trinajstić information content (AvgIpc) is 2.95. The average molecular weight is 341 g/mol. The molecule has 0 aliphatic carbocycles. The molecule has 5 nitrogen and oxygen atoms in total. The van der Waals surface area contributed by atoms with Gasteiger partial charge in [0.15, 0.2) is 5.82 Å². The number of hydrogen-bond acceptors (Lipinski definition) is 3. The van der Waals surface area contributed by atoms with Crippen molar-refractivity contribution < 1.29 is 22.7 Å². The second kappa shape index (κ2) is 7.48. The number of nitrogens with one attached hydrogen (secondary N) is 2. The summed E-state index contributed by atoms with van der Waals surface area (Å²) in [4.78, 5) is 12.1. The van der Waals surface area contributed by atoms with Crippen molar-refractivity contribution in [3.63, 3.8) is 0 Å².